The molecule has 0 spiro atoms. The number of aromatic nitrogens is 1. The lowest BCUT2D eigenvalue weighted by Gasteiger charge is -2.00. The molecule has 1 aromatic carbocycles. The van der Waals surface area contributed by atoms with Gasteiger partial charge >= 0.3 is 0 Å². The third-order valence-corrected chi connectivity index (χ3v) is 2.76. The number of nitrogens with zero attached hydrogens (tertiary/aromatic N) is 1. The van der Waals surface area contributed by atoms with Gasteiger partial charge in [0, 0.05) is 5.75 Å². The molecule has 0 saturated carbocycles. The molecule has 3 nitrogen and oxygen atoms in total. The fraction of sp³-hybridized carbons (Fsp3) is 0.100. The molecule has 2 aromatic rings. The molecule has 0 saturated heterocycles. The monoisotopic (exact) mass is 224 g/mol. The number of oxazole rings is 1. The van der Waals surface area contributed by atoms with Gasteiger partial charge in [-0.15, -0.1) is 0 Å². The zero-order valence-electron chi connectivity index (χ0n) is 7.81. The number of halogens is 1. The minimum Gasteiger partial charge on any atom is -0.440 e. The molecule has 0 unspecified atom stereocenters. The molecule has 2 rings (SSSR count). The van der Waals surface area contributed by atoms with Crippen LogP contribution in [0.3, 0.4) is 0 Å². The number of hydrogen-bond acceptors (Lipinski definition) is 4. The van der Waals surface area contributed by atoms with Crippen LogP contribution in [0, 0.1) is 5.82 Å². The van der Waals surface area contributed by atoms with Crippen molar-refractivity contribution in [3.63, 3.8) is 0 Å². The Morgan fingerprint density at radius 1 is 1.47 bits per heavy atom. The maximum Gasteiger partial charge on any atom is 0.255 e. The van der Waals surface area contributed by atoms with E-state index in [4.69, 9.17) is 10.2 Å². The Morgan fingerprint density at radius 2 is 2.33 bits per heavy atom. The van der Waals surface area contributed by atoms with Crippen molar-refractivity contribution in [3.8, 4) is 0 Å². The number of nitrogen functional groups attached to an aromatic ring is 1. The zero-order valence-corrected chi connectivity index (χ0v) is 8.63. The van der Waals surface area contributed by atoms with Gasteiger partial charge in [0.25, 0.3) is 5.22 Å². The molecule has 1 aromatic heterocycles. The molecule has 1 heterocycles. The standard InChI is InChI=1S/C10H9FN2OS/c11-8-5-7(1-2-9(8)12)6-15-10-13-3-4-14-10/h1-5H,6,12H2. The third kappa shape index (κ3) is 2.50. The highest BCUT2D eigenvalue weighted by molar-refractivity contribution is 7.98. The first kappa shape index (κ1) is 10.0. The first-order valence-electron chi connectivity index (χ1n) is 4.32. The molecular weight excluding hydrogens is 215 g/mol. The Morgan fingerprint density at radius 3 is 3.00 bits per heavy atom. The van der Waals surface area contributed by atoms with Gasteiger partial charge in [-0.2, -0.15) is 0 Å². The van der Waals surface area contributed by atoms with Gasteiger partial charge in [0.2, 0.25) is 0 Å². The quantitative estimate of drug-likeness (QED) is 0.643. The van der Waals surface area contributed by atoms with Gasteiger partial charge in [-0.05, 0) is 17.7 Å². The van der Waals surface area contributed by atoms with Crippen LogP contribution in [0.15, 0.2) is 40.3 Å². The number of anilines is 1. The largest absolute Gasteiger partial charge is 0.440 e. The number of hydrogen-bond donors (Lipinski definition) is 1. The summed E-state index contributed by atoms with van der Waals surface area (Å²) in [6.07, 6.45) is 3.08. The number of nitrogens with two attached hydrogens (primary N) is 1. The minimum atomic E-state index is -0.388. The molecule has 15 heavy (non-hydrogen) atoms. The summed E-state index contributed by atoms with van der Waals surface area (Å²) in [6, 6.07) is 4.76. The van der Waals surface area contributed by atoms with E-state index in [0.717, 1.165) is 5.56 Å². The van der Waals surface area contributed by atoms with E-state index in [9.17, 15) is 4.39 Å². The Labute approximate surface area is 90.5 Å². The molecule has 78 valence electrons. The normalized spacial score (nSPS) is 10.5. The Balaban J connectivity index is 2.02. The summed E-state index contributed by atoms with van der Waals surface area (Å²) in [5.74, 6) is 0.220. The van der Waals surface area contributed by atoms with Crippen molar-refractivity contribution in [2.75, 3.05) is 5.73 Å². The second-order valence-corrected chi connectivity index (χ2v) is 3.87. The second-order valence-electron chi connectivity index (χ2n) is 2.94. The predicted octanol–water partition coefficient (Wildman–Crippen LogP) is 2.69. The summed E-state index contributed by atoms with van der Waals surface area (Å²) in [6.45, 7) is 0. The molecule has 0 aliphatic heterocycles. The van der Waals surface area contributed by atoms with Crippen LogP contribution < -0.4 is 5.73 Å². The van der Waals surface area contributed by atoms with E-state index < -0.39 is 0 Å². The second kappa shape index (κ2) is 4.35. The molecule has 0 atom stereocenters. The number of benzene rings is 1. The Kier molecular flexibility index (Phi) is 2.91. The van der Waals surface area contributed by atoms with Gasteiger partial charge < -0.3 is 10.2 Å². The molecule has 0 amide bonds. The summed E-state index contributed by atoms with van der Waals surface area (Å²) >= 11 is 1.41. The maximum atomic E-state index is 13.1. The summed E-state index contributed by atoms with van der Waals surface area (Å²) in [7, 11) is 0. The molecular formula is C10H9FN2OS. The first-order valence-corrected chi connectivity index (χ1v) is 5.30. The summed E-state index contributed by atoms with van der Waals surface area (Å²) < 4.78 is 18.1. The lowest BCUT2D eigenvalue weighted by Crippen LogP contribution is -1.91. The molecule has 0 fully saturated rings. The lowest BCUT2D eigenvalue weighted by molar-refractivity contribution is 0.454. The van der Waals surface area contributed by atoms with E-state index in [1.807, 2.05) is 0 Å². The first-order chi connectivity index (χ1) is 7.25. The van der Waals surface area contributed by atoms with Gasteiger partial charge in [0.1, 0.15) is 12.1 Å². The highest BCUT2D eigenvalue weighted by Crippen LogP contribution is 2.22. The molecule has 2 N–H and O–H groups in total. The summed E-state index contributed by atoms with van der Waals surface area (Å²) in [5.41, 5.74) is 6.39. The number of thioether (sulfide) groups is 1. The van der Waals surface area contributed by atoms with Crippen LogP contribution in [0.4, 0.5) is 10.1 Å². The van der Waals surface area contributed by atoms with Crippen molar-refractivity contribution >= 4 is 17.4 Å². The maximum absolute atomic E-state index is 13.1. The number of rotatable bonds is 3. The van der Waals surface area contributed by atoms with E-state index in [-0.39, 0.29) is 11.5 Å². The molecule has 0 aliphatic rings. The van der Waals surface area contributed by atoms with Gasteiger partial charge in [-0.1, -0.05) is 17.8 Å². The summed E-state index contributed by atoms with van der Waals surface area (Å²) in [5, 5.41) is 0.576. The molecule has 0 aliphatic carbocycles. The third-order valence-electron chi connectivity index (χ3n) is 1.84. The molecule has 0 bridgehead atoms. The highest BCUT2D eigenvalue weighted by Gasteiger charge is 2.03. The van der Waals surface area contributed by atoms with Crippen molar-refractivity contribution in [1.29, 1.82) is 0 Å². The van der Waals surface area contributed by atoms with Crippen LogP contribution in [-0.2, 0) is 5.75 Å². The van der Waals surface area contributed by atoms with Gasteiger partial charge in [0.05, 0.1) is 11.9 Å². The van der Waals surface area contributed by atoms with Gasteiger partial charge in [-0.25, -0.2) is 9.37 Å². The van der Waals surface area contributed by atoms with Crippen molar-refractivity contribution in [1.82, 2.24) is 4.98 Å². The average Bonchev–Trinajstić information content (AvgIpc) is 2.73. The van der Waals surface area contributed by atoms with Crippen LogP contribution in [0.5, 0.6) is 0 Å². The fourth-order valence-electron chi connectivity index (χ4n) is 1.09. The van der Waals surface area contributed by atoms with E-state index >= 15 is 0 Å². The van der Waals surface area contributed by atoms with Crippen LogP contribution in [0.1, 0.15) is 5.56 Å². The predicted molar refractivity (Wildman–Crippen MR) is 56.9 cm³/mol. The molecule has 0 radical (unpaired) electrons. The Hall–Kier alpha value is -1.49. The van der Waals surface area contributed by atoms with E-state index in [0.29, 0.717) is 11.0 Å². The Bertz CT molecular complexity index is 445. The van der Waals surface area contributed by atoms with Crippen molar-refractivity contribution in [2.24, 2.45) is 0 Å². The minimum absolute atomic E-state index is 0.167. The summed E-state index contributed by atoms with van der Waals surface area (Å²) in [4.78, 5) is 3.95. The van der Waals surface area contributed by atoms with E-state index in [1.54, 1.807) is 18.3 Å². The van der Waals surface area contributed by atoms with Crippen molar-refractivity contribution < 1.29 is 8.81 Å². The fourth-order valence-corrected chi connectivity index (χ4v) is 1.82. The lowest BCUT2D eigenvalue weighted by atomic mass is 10.2. The van der Waals surface area contributed by atoms with Crippen LogP contribution in [0.2, 0.25) is 0 Å². The van der Waals surface area contributed by atoms with Crippen molar-refractivity contribution in [3.05, 3.63) is 42.0 Å². The van der Waals surface area contributed by atoms with E-state index in [2.05, 4.69) is 4.98 Å². The van der Waals surface area contributed by atoms with Crippen LogP contribution >= 0.6 is 11.8 Å². The molecule has 5 heteroatoms. The van der Waals surface area contributed by atoms with Crippen LogP contribution in [-0.4, -0.2) is 4.98 Å². The van der Waals surface area contributed by atoms with Crippen LogP contribution in [0.25, 0.3) is 0 Å². The average molecular weight is 224 g/mol. The highest BCUT2D eigenvalue weighted by atomic mass is 32.2. The zero-order chi connectivity index (χ0) is 10.7. The topological polar surface area (TPSA) is 52.0 Å². The van der Waals surface area contributed by atoms with Gasteiger partial charge in [-0.3, -0.25) is 0 Å². The van der Waals surface area contributed by atoms with E-state index in [1.165, 1.54) is 24.1 Å². The van der Waals surface area contributed by atoms with Gasteiger partial charge in [0.15, 0.2) is 0 Å². The smallest absolute Gasteiger partial charge is 0.255 e. The SMILES string of the molecule is Nc1ccc(CSc2ncco2)cc1F. The van der Waals surface area contributed by atoms with Crippen molar-refractivity contribution in [2.45, 2.75) is 11.0 Å².